The van der Waals surface area contributed by atoms with Gasteiger partial charge in [-0.2, -0.15) is 8.42 Å². The monoisotopic (exact) mass is 242 g/mol. The van der Waals surface area contributed by atoms with Crippen molar-refractivity contribution in [1.82, 2.24) is 0 Å². The number of hydrogen-bond acceptors (Lipinski definition) is 3. The first-order chi connectivity index (χ1) is 7.53. The molecular weight excluding hydrogens is 224 g/mol. The SMILES string of the molecule is CCC(C)COS(=O)(=O)Cc1ccccc1. The van der Waals surface area contributed by atoms with Crippen LogP contribution in [0.4, 0.5) is 0 Å². The van der Waals surface area contributed by atoms with E-state index in [9.17, 15) is 8.42 Å². The summed E-state index contributed by atoms with van der Waals surface area (Å²) in [6.07, 6.45) is 0.918. The Balaban J connectivity index is 2.53. The zero-order valence-corrected chi connectivity index (χ0v) is 10.5. The first-order valence-corrected chi connectivity index (χ1v) is 7.02. The van der Waals surface area contributed by atoms with Crippen molar-refractivity contribution in [3.63, 3.8) is 0 Å². The summed E-state index contributed by atoms with van der Waals surface area (Å²) in [4.78, 5) is 0. The van der Waals surface area contributed by atoms with E-state index in [-0.39, 0.29) is 18.3 Å². The molecule has 4 heteroatoms. The number of benzene rings is 1. The van der Waals surface area contributed by atoms with Crippen molar-refractivity contribution in [2.75, 3.05) is 6.61 Å². The van der Waals surface area contributed by atoms with Crippen molar-refractivity contribution in [1.29, 1.82) is 0 Å². The van der Waals surface area contributed by atoms with Gasteiger partial charge in [0, 0.05) is 0 Å². The predicted octanol–water partition coefficient (Wildman–Crippen LogP) is 2.58. The van der Waals surface area contributed by atoms with E-state index in [1.165, 1.54) is 0 Å². The van der Waals surface area contributed by atoms with Gasteiger partial charge in [-0.3, -0.25) is 4.18 Å². The molecule has 0 heterocycles. The molecule has 1 aromatic carbocycles. The van der Waals surface area contributed by atoms with Crippen LogP contribution < -0.4 is 0 Å². The summed E-state index contributed by atoms with van der Waals surface area (Å²) < 4.78 is 28.2. The minimum atomic E-state index is -3.44. The molecule has 0 bridgehead atoms. The molecule has 0 saturated heterocycles. The van der Waals surface area contributed by atoms with Crippen molar-refractivity contribution in [2.24, 2.45) is 5.92 Å². The molecule has 0 spiro atoms. The van der Waals surface area contributed by atoms with Gasteiger partial charge in [0.25, 0.3) is 10.1 Å². The van der Waals surface area contributed by atoms with Crippen LogP contribution >= 0.6 is 0 Å². The Kier molecular flexibility index (Phi) is 4.96. The molecule has 0 N–H and O–H groups in total. The van der Waals surface area contributed by atoms with Gasteiger partial charge in [0.1, 0.15) is 5.75 Å². The molecule has 1 aromatic rings. The van der Waals surface area contributed by atoms with Gasteiger partial charge in [-0.15, -0.1) is 0 Å². The number of hydrogen-bond donors (Lipinski definition) is 0. The van der Waals surface area contributed by atoms with Gasteiger partial charge in [0.15, 0.2) is 0 Å². The highest BCUT2D eigenvalue weighted by molar-refractivity contribution is 7.85. The third kappa shape index (κ3) is 4.77. The van der Waals surface area contributed by atoms with E-state index >= 15 is 0 Å². The standard InChI is InChI=1S/C12H18O3S/c1-3-11(2)9-15-16(13,14)10-12-7-5-4-6-8-12/h4-8,11H,3,9-10H2,1-2H3. The molecule has 1 atom stereocenters. The third-order valence-corrected chi connectivity index (χ3v) is 3.60. The van der Waals surface area contributed by atoms with Gasteiger partial charge in [-0.05, 0) is 11.5 Å². The van der Waals surface area contributed by atoms with Gasteiger partial charge >= 0.3 is 0 Å². The fraction of sp³-hybridized carbons (Fsp3) is 0.500. The van der Waals surface area contributed by atoms with Crippen LogP contribution in [0, 0.1) is 5.92 Å². The average Bonchev–Trinajstić information content (AvgIpc) is 2.27. The van der Waals surface area contributed by atoms with Gasteiger partial charge in [-0.25, -0.2) is 0 Å². The first-order valence-electron chi connectivity index (χ1n) is 5.44. The highest BCUT2D eigenvalue weighted by atomic mass is 32.2. The molecule has 1 rings (SSSR count). The lowest BCUT2D eigenvalue weighted by atomic mass is 10.1. The van der Waals surface area contributed by atoms with Crippen LogP contribution in [-0.4, -0.2) is 15.0 Å². The second-order valence-electron chi connectivity index (χ2n) is 3.99. The van der Waals surface area contributed by atoms with Gasteiger partial charge in [0.2, 0.25) is 0 Å². The lowest BCUT2D eigenvalue weighted by Gasteiger charge is -2.09. The topological polar surface area (TPSA) is 43.4 Å². The first kappa shape index (κ1) is 13.2. The molecule has 0 aliphatic heterocycles. The maximum atomic E-state index is 11.6. The second-order valence-corrected chi connectivity index (χ2v) is 5.63. The Bertz CT molecular complexity index is 398. The fourth-order valence-electron chi connectivity index (χ4n) is 1.16. The summed E-state index contributed by atoms with van der Waals surface area (Å²) in [5.41, 5.74) is 0.756. The van der Waals surface area contributed by atoms with E-state index in [1.807, 2.05) is 32.0 Å². The Morgan fingerprint density at radius 2 is 1.88 bits per heavy atom. The normalized spacial score (nSPS) is 13.6. The van der Waals surface area contributed by atoms with Crippen molar-refractivity contribution < 1.29 is 12.6 Å². The van der Waals surface area contributed by atoms with E-state index in [0.29, 0.717) is 0 Å². The second kappa shape index (κ2) is 6.01. The molecule has 0 radical (unpaired) electrons. The molecule has 0 fully saturated rings. The summed E-state index contributed by atoms with van der Waals surface area (Å²) in [5.74, 6) is 0.218. The fourth-order valence-corrected chi connectivity index (χ4v) is 2.28. The smallest absolute Gasteiger partial charge is 0.270 e. The van der Waals surface area contributed by atoms with Crippen LogP contribution in [0.2, 0.25) is 0 Å². The molecule has 0 amide bonds. The Labute approximate surface area is 97.6 Å². The highest BCUT2D eigenvalue weighted by Gasteiger charge is 2.13. The molecule has 1 unspecified atom stereocenters. The third-order valence-electron chi connectivity index (χ3n) is 2.42. The molecule has 3 nitrogen and oxygen atoms in total. The van der Waals surface area contributed by atoms with Gasteiger partial charge in [-0.1, -0.05) is 50.6 Å². The van der Waals surface area contributed by atoms with Crippen LogP contribution in [0.15, 0.2) is 30.3 Å². The summed E-state index contributed by atoms with van der Waals surface area (Å²) in [5, 5.41) is 0. The quantitative estimate of drug-likeness (QED) is 0.720. The van der Waals surface area contributed by atoms with Crippen LogP contribution in [0.3, 0.4) is 0 Å². The summed E-state index contributed by atoms with van der Waals surface area (Å²) in [6, 6.07) is 9.06. The minimum Gasteiger partial charge on any atom is -0.270 e. The molecule has 0 aliphatic carbocycles. The maximum absolute atomic E-state index is 11.6. The van der Waals surface area contributed by atoms with E-state index in [1.54, 1.807) is 12.1 Å². The van der Waals surface area contributed by atoms with Crippen LogP contribution in [0.25, 0.3) is 0 Å². The summed E-state index contributed by atoms with van der Waals surface area (Å²) >= 11 is 0. The molecule has 16 heavy (non-hydrogen) atoms. The lowest BCUT2D eigenvalue weighted by Crippen LogP contribution is -2.13. The molecule has 90 valence electrons. The Morgan fingerprint density at radius 3 is 2.44 bits per heavy atom. The molecule has 0 aromatic heterocycles. The Hall–Kier alpha value is -0.870. The highest BCUT2D eigenvalue weighted by Crippen LogP contribution is 2.10. The zero-order chi connectivity index (χ0) is 12.0. The van der Waals surface area contributed by atoms with Crippen molar-refractivity contribution in [2.45, 2.75) is 26.0 Å². The average molecular weight is 242 g/mol. The van der Waals surface area contributed by atoms with E-state index < -0.39 is 10.1 Å². The largest absolute Gasteiger partial charge is 0.271 e. The maximum Gasteiger partial charge on any atom is 0.271 e. The predicted molar refractivity (Wildman–Crippen MR) is 64.5 cm³/mol. The van der Waals surface area contributed by atoms with E-state index in [0.717, 1.165) is 12.0 Å². The van der Waals surface area contributed by atoms with Crippen LogP contribution in [0.5, 0.6) is 0 Å². The number of rotatable bonds is 6. The van der Waals surface area contributed by atoms with Gasteiger partial charge < -0.3 is 0 Å². The Morgan fingerprint density at radius 1 is 1.25 bits per heavy atom. The van der Waals surface area contributed by atoms with Crippen molar-refractivity contribution >= 4 is 10.1 Å². The zero-order valence-electron chi connectivity index (χ0n) is 9.72. The molecular formula is C12H18O3S. The lowest BCUT2D eigenvalue weighted by molar-refractivity contribution is 0.261. The van der Waals surface area contributed by atoms with E-state index in [2.05, 4.69) is 0 Å². The van der Waals surface area contributed by atoms with Crippen molar-refractivity contribution in [3.8, 4) is 0 Å². The van der Waals surface area contributed by atoms with Crippen LogP contribution in [0.1, 0.15) is 25.8 Å². The van der Waals surface area contributed by atoms with Gasteiger partial charge in [0.05, 0.1) is 6.61 Å². The van der Waals surface area contributed by atoms with Crippen molar-refractivity contribution in [3.05, 3.63) is 35.9 Å². The molecule has 0 aliphatic rings. The van der Waals surface area contributed by atoms with E-state index in [4.69, 9.17) is 4.18 Å². The summed E-state index contributed by atoms with van der Waals surface area (Å²) in [7, 11) is -3.44. The summed E-state index contributed by atoms with van der Waals surface area (Å²) in [6.45, 7) is 4.25. The minimum absolute atomic E-state index is 0.0513. The van der Waals surface area contributed by atoms with Crippen LogP contribution in [-0.2, 0) is 20.1 Å². The molecule has 0 saturated carbocycles.